The van der Waals surface area contributed by atoms with Crippen molar-refractivity contribution in [1.82, 2.24) is 5.32 Å². The molecule has 0 aliphatic heterocycles. The van der Waals surface area contributed by atoms with Crippen LogP contribution in [0.3, 0.4) is 0 Å². The molecule has 0 radical (unpaired) electrons. The first-order valence-electron chi connectivity index (χ1n) is 5.56. The summed E-state index contributed by atoms with van der Waals surface area (Å²) in [6.07, 6.45) is 3.12. The van der Waals surface area contributed by atoms with Gasteiger partial charge in [0.25, 0.3) is 0 Å². The van der Waals surface area contributed by atoms with E-state index in [0.29, 0.717) is 15.9 Å². The van der Waals surface area contributed by atoms with Crippen molar-refractivity contribution < 1.29 is 5.11 Å². The van der Waals surface area contributed by atoms with Crippen LogP contribution in [0.25, 0.3) is 0 Å². The Morgan fingerprint density at radius 1 is 1.40 bits per heavy atom. The van der Waals surface area contributed by atoms with Crippen molar-refractivity contribution in [3.05, 3.63) is 11.8 Å². The van der Waals surface area contributed by atoms with Gasteiger partial charge in [-0.1, -0.05) is 0 Å². The molecule has 0 amide bonds. The van der Waals surface area contributed by atoms with E-state index in [1.54, 1.807) is 0 Å². The van der Waals surface area contributed by atoms with Gasteiger partial charge >= 0.3 is 101 Å². The molecule has 2 N–H and O–H groups in total. The molecule has 1 saturated carbocycles. The van der Waals surface area contributed by atoms with E-state index in [0.717, 1.165) is 6.42 Å². The van der Waals surface area contributed by atoms with Crippen LogP contribution in [0.5, 0.6) is 0 Å². The van der Waals surface area contributed by atoms with Crippen molar-refractivity contribution in [2.24, 2.45) is 11.8 Å². The molecule has 1 fully saturated rings. The van der Waals surface area contributed by atoms with E-state index in [4.69, 9.17) is 0 Å². The minimum absolute atomic E-state index is 0.0753. The second-order valence-electron chi connectivity index (χ2n) is 4.82. The summed E-state index contributed by atoms with van der Waals surface area (Å²) in [4.78, 5) is 4.76. The number of aliphatic hydroxyl groups excluding tert-OH is 1. The van der Waals surface area contributed by atoms with Crippen LogP contribution in [0.15, 0.2) is 11.8 Å². The molecule has 0 heterocycles. The first kappa shape index (κ1) is 13.3. The van der Waals surface area contributed by atoms with Crippen LogP contribution in [0.2, 0.25) is 0 Å². The summed E-state index contributed by atoms with van der Waals surface area (Å²) in [6.45, 7) is 6.71. The number of rotatable bonds is 5. The number of allylic oxidation sites excluding steroid dienone is 1. The Morgan fingerprint density at radius 2 is 1.93 bits per heavy atom. The maximum absolute atomic E-state index is 9.34. The molecule has 1 rings (SSSR count). The van der Waals surface area contributed by atoms with Gasteiger partial charge in [-0.3, -0.25) is 0 Å². The second-order valence-corrected chi connectivity index (χ2v) is 11.3. The van der Waals surface area contributed by atoms with E-state index in [9.17, 15) is 5.11 Å². The predicted molar refractivity (Wildman–Crippen MR) is 75.5 cm³/mol. The number of halogens is 1. The maximum atomic E-state index is 9.34. The van der Waals surface area contributed by atoms with Gasteiger partial charge in [0.05, 0.1) is 0 Å². The molecular weight excluding hydrogens is 301 g/mol. The molecule has 1 aliphatic carbocycles. The molecule has 1 aliphatic rings. The van der Waals surface area contributed by atoms with E-state index in [1.807, 2.05) is 0 Å². The van der Waals surface area contributed by atoms with Gasteiger partial charge in [0.2, 0.25) is 0 Å². The quantitative estimate of drug-likeness (QED) is 0.463. The van der Waals surface area contributed by atoms with Gasteiger partial charge in [-0.15, -0.1) is 0 Å². The van der Waals surface area contributed by atoms with Crippen molar-refractivity contribution in [3.8, 4) is 0 Å². The summed E-state index contributed by atoms with van der Waals surface area (Å²) < 4.78 is 0.652. The van der Waals surface area contributed by atoms with Crippen molar-refractivity contribution in [2.45, 2.75) is 37.3 Å². The van der Waals surface area contributed by atoms with Gasteiger partial charge in [0.15, 0.2) is 0 Å². The molecule has 0 bridgehead atoms. The Kier molecular flexibility index (Phi) is 4.90. The molecule has 0 aromatic heterocycles. The summed E-state index contributed by atoms with van der Waals surface area (Å²) in [7, 11) is 0. The van der Waals surface area contributed by atoms with Gasteiger partial charge in [-0.2, -0.15) is 0 Å². The van der Waals surface area contributed by atoms with E-state index in [1.165, 1.54) is 5.70 Å². The number of hydrogen-bond donors (Lipinski definition) is 2. The molecule has 3 heteroatoms. The van der Waals surface area contributed by atoms with Crippen molar-refractivity contribution in [1.29, 1.82) is 0 Å². The summed E-state index contributed by atoms with van der Waals surface area (Å²) >= 11 is -0.777. The van der Waals surface area contributed by atoms with E-state index in [2.05, 4.69) is 42.0 Å². The van der Waals surface area contributed by atoms with Gasteiger partial charge in [0.1, 0.15) is 0 Å². The van der Waals surface area contributed by atoms with Crippen LogP contribution in [0, 0.1) is 11.8 Å². The molecule has 0 aromatic carbocycles. The zero-order valence-electron chi connectivity index (χ0n) is 10.4. The van der Waals surface area contributed by atoms with Crippen LogP contribution in [0.4, 0.5) is 0 Å². The average molecular weight is 325 g/mol. The van der Waals surface area contributed by atoms with Gasteiger partial charge in [0, 0.05) is 0 Å². The van der Waals surface area contributed by atoms with E-state index >= 15 is 0 Å². The zero-order chi connectivity index (χ0) is 11.6. The number of nitrogens with one attached hydrogen (secondary N) is 1. The third kappa shape index (κ3) is 4.31. The zero-order valence-corrected chi connectivity index (χ0v) is 12.6. The SMILES string of the molecule is CC(C)/C(=C\[C@H]1CC1O)NC(C)I(C)C. The number of alkyl halides is 3. The van der Waals surface area contributed by atoms with Crippen LogP contribution in [0.1, 0.15) is 27.2 Å². The molecule has 0 aromatic rings. The first-order valence-corrected chi connectivity index (χ1v) is 11.1. The third-order valence-electron chi connectivity index (χ3n) is 2.84. The Morgan fingerprint density at radius 3 is 2.27 bits per heavy atom. The van der Waals surface area contributed by atoms with Gasteiger partial charge < -0.3 is 0 Å². The molecule has 3 atom stereocenters. The van der Waals surface area contributed by atoms with E-state index in [-0.39, 0.29) is 6.10 Å². The van der Waals surface area contributed by atoms with Crippen LogP contribution >= 0.6 is 19.8 Å². The number of hydrogen-bond acceptors (Lipinski definition) is 2. The Balaban J connectivity index is 2.55. The second kappa shape index (κ2) is 5.53. The monoisotopic (exact) mass is 325 g/mol. The molecule has 90 valence electrons. The Hall–Kier alpha value is 0.230. The summed E-state index contributed by atoms with van der Waals surface area (Å²) in [5.74, 6) is 0.953. The third-order valence-corrected chi connectivity index (χ3v) is 6.89. The van der Waals surface area contributed by atoms with Gasteiger partial charge in [-0.25, -0.2) is 0 Å². The molecule has 2 nitrogen and oxygen atoms in total. The topological polar surface area (TPSA) is 32.3 Å². The predicted octanol–water partition coefficient (Wildman–Crippen LogP) is 2.61. The molecule has 15 heavy (non-hydrogen) atoms. The Labute approximate surface area is 101 Å². The van der Waals surface area contributed by atoms with Crippen molar-refractivity contribution in [2.75, 3.05) is 9.86 Å². The summed E-state index contributed by atoms with van der Waals surface area (Å²) in [5, 5.41) is 13.0. The van der Waals surface area contributed by atoms with Crippen LogP contribution < -0.4 is 5.32 Å². The molecular formula is C12H24INO. The van der Waals surface area contributed by atoms with Gasteiger partial charge in [-0.05, 0) is 0 Å². The van der Waals surface area contributed by atoms with Crippen LogP contribution in [-0.2, 0) is 0 Å². The molecule has 2 unspecified atom stereocenters. The standard InChI is InChI=1S/C12H24INO/c1-8(2)11(6-10-7-12(10)15)14-9(3)13(4)5/h6,8-10,12,14-15H,7H2,1-5H3/b11-6+/t9?,10-,12?/m0/s1. The number of aliphatic hydroxyl groups is 1. The molecule has 0 saturated heterocycles. The van der Waals surface area contributed by atoms with Crippen LogP contribution in [-0.4, -0.2) is 25.1 Å². The van der Waals surface area contributed by atoms with Crippen molar-refractivity contribution >= 4 is 19.8 Å². The fourth-order valence-electron chi connectivity index (χ4n) is 1.36. The Bertz CT molecular complexity index is 238. The summed E-state index contributed by atoms with van der Waals surface area (Å²) in [5.41, 5.74) is 1.33. The minimum atomic E-state index is -0.777. The molecule has 0 spiro atoms. The summed E-state index contributed by atoms with van der Waals surface area (Å²) in [6, 6.07) is 0. The van der Waals surface area contributed by atoms with E-state index < -0.39 is 19.8 Å². The fraction of sp³-hybridized carbons (Fsp3) is 0.833. The fourth-order valence-corrected chi connectivity index (χ4v) is 2.34. The first-order chi connectivity index (χ1) is 6.91. The average Bonchev–Trinajstić information content (AvgIpc) is 2.80. The van der Waals surface area contributed by atoms with Crippen molar-refractivity contribution in [3.63, 3.8) is 0 Å². The normalized spacial score (nSPS) is 29.0.